The van der Waals surface area contributed by atoms with Crippen LogP contribution in [-0.4, -0.2) is 15.0 Å². The summed E-state index contributed by atoms with van der Waals surface area (Å²) in [6, 6.07) is 80.8. The summed E-state index contributed by atoms with van der Waals surface area (Å²) < 4.78 is 9.13. The lowest BCUT2D eigenvalue weighted by Crippen LogP contribution is -2.25. The lowest BCUT2D eigenvalue weighted by Gasteiger charge is -2.30. The average molecular weight is 896 g/mol. The first-order valence-corrected chi connectivity index (χ1v) is 24.2. The molecule has 0 saturated heterocycles. The van der Waals surface area contributed by atoms with Gasteiger partial charge in [-0.1, -0.05) is 188 Å². The number of hydrogen-bond acceptors (Lipinski definition) is 5. The van der Waals surface area contributed by atoms with Crippen LogP contribution in [0.25, 0.3) is 121 Å². The van der Waals surface area contributed by atoms with E-state index >= 15 is 0 Å². The van der Waals surface area contributed by atoms with E-state index in [0.717, 1.165) is 66.3 Å². The van der Waals surface area contributed by atoms with E-state index in [1.54, 1.807) is 11.3 Å². The van der Waals surface area contributed by atoms with Crippen molar-refractivity contribution in [3.8, 4) is 78.7 Å². The van der Waals surface area contributed by atoms with Crippen LogP contribution in [0.1, 0.15) is 22.3 Å². The van der Waals surface area contributed by atoms with E-state index in [1.807, 2.05) is 12.1 Å². The maximum absolute atomic E-state index is 6.71. The van der Waals surface area contributed by atoms with E-state index in [9.17, 15) is 0 Å². The van der Waals surface area contributed by atoms with E-state index in [-0.39, 0.29) is 0 Å². The molecule has 0 aliphatic heterocycles. The van der Waals surface area contributed by atoms with Crippen molar-refractivity contribution in [1.82, 2.24) is 15.0 Å². The third kappa shape index (κ3) is 5.48. The first-order chi connectivity index (χ1) is 34.2. The number of aromatic nitrogens is 3. The molecule has 69 heavy (non-hydrogen) atoms. The Labute approximate surface area is 401 Å². The monoisotopic (exact) mass is 895 g/mol. The van der Waals surface area contributed by atoms with E-state index in [2.05, 4.69) is 212 Å². The third-order valence-electron chi connectivity index (χ3n) is 14.6. The molecule has 0 fully saturated rings. The standard InChI is InChI=1S/C64H37N3OS/c1-2-16-38(17-3-1)41-18-4-5-22-46(41)61-65-62(67-63(66-61)49-25-15-31-58-60(49)47-23-9-13-30-57(47)69-58)48-24-14-29-56-59(48)50-36-39(33-35-55(50)68-56)40-32-34-45-44-21-8-12-28-53(44)64(54(45)37-40)51-26-10-6-19-42(51)43-20-7-11-27-52(43)64/h1-37H. The molecule has 1 spiro atoms. The molecule has 0 amide bonds. The summed E-state index contributed by atoms with van der Waals surface area (Å²) in [5.41, 5.74) is 18.8. The second-order valence-electron chi connectivity index (χ2n) is 18.1. The van der Waals surface area contributed by atoms with Crippen LogP contribution in [0.5, 0.6) is 0 Å². The molecule has 5 heteroatoms. The summed E-state index contributed by atoms with van der Waals surface area (Å²) in [7, 11) is 0. The summed E-state index contributed by atoms with van der Waals surface area (Å²) in [6.07, 6.45) is 0. The second-order valence-corrected chi connectivity index (χ2v) is 19.2. The molecule has 13 aromatic rings. The highest BCUT2D eigenvalue weighted by Gasteiger charge is 2.51. The molecule has 0 atom stereocenters. The van der Waals surface area contributed by atoms with Crippen molar-refractivity contribution in [2.24, 2.45) is 0 Å². The zero-order valence-electron chi connectivity index (χ0n) is 37.0. The summed E-state index contributed by atoms with van der Waals surface area (Å²) in [4.78, 5) is 16.2. The Kier molecular flexibility index (Phi) is 8.12. The molecule has 2 aliphatic carbocycles. The summed E-state index contributed by atoms with van der Waals surface area (Å²) in [5, 5.41) is 4.32. The minimum atomic E-state index is -0.429. The van der Waals surface area contributed by atoms with Crippen LogP contribution in [0.4, 0.5) is 0 Å². The maximum Gasteiger partial charge on any atom is 0.164 e. The minimum absolute atomic E-state index is 0.429. The van der Waals surface area contributed by atoms with Gasteiger partial charge >= 0.3 is 0 Å². The normalized spacial score (nSPS) is 13.0. The number of furan rings is 1. The van der Waals surface area contributed by atoms with Gasteiger partial charge in [-0.3, -0.25) is 0 Å². The molecule has 0 N–H and O–H groups in total. The maximum atomic E-state index is 6.71. The van der Waals surface area contributed by atoms with Gasteiger partial charge in [-0.05, 0) is 103 Å². The molecule has 3 heterocycles. The van der Waals surface area contributed by atoms with Crippen molar-refractivity contribution in [2.45, 2.75) is 5.41 Å². The Bertz CT molecular complexity index is 4210. The van der Waals surface area contributed by atoms with Crippen LogP contribution in [0, 0.1) is 0 Å². The van der Waals surface area contributed by atoms with Crippen LogP contribution in [0.15, 0.2) is 229 Å². The number of rotatable bonds is 5. The predicted octanol–water partition coefficient (Wildman–Crippen LogP) is 16.8. The summed E-state index contributed by atoms with van der Waals surface area (Å²) in [6.45, 7) is 0. The zero-order valence-corrected chi connectivity index (χ0v) is 37.8. The lowest BCUT2D eigenvalue weighted by molar-refractivity contribution is 0.669. The molecule has 0 saturated carbocycles. The van der Waals surface area contributed by atoms with Crippen molar-refractivity contribution in [2.75, 3.05) is 0 Å². The average Bonchev–Trinajstić information content (AvgIpc) is 4.16. The van der Waals surface area contributed by atoms with Gasteiger partial charge in [-0.25, -0.2) is 15.0 Å². The highest BCUT2D eigenvalue weighted by Crippen LogP contribution is 2.63. The number of hydrogen-bond donors (Lipinski definition) is 0. The number of thiophene rings is 1. The Hall–Kier alpha value is -8.77. The smallest absolute Gasteiger partial charge is 0.164 e. The molecule has 3 aromatic heterocycles. The molecule has 0 bridgehead atoms. The van der Waals surface area contributed by atoms with Crippen LogP contribution in [0.2, 0.25) is 0 Å². The van der Waals surface area contributed by atoms with Gasteiger partial charge in [-0.15, -0.1) is 11.3 Å². The van der Waals surface area contributed by atoms with Gasteiger partial charge in [0.25, 0.3) is 0 Å². The summed E-state index contributed by atoms with van der Waals surface area (Å²) >= 11 is 1.79. The van der Waals surface area contributed by atoms with Gasteiger partial charge in [0.1, 0.15) is 11.2 Å². The summed E-state index contributed by atoms with van der Waals surface area (Å²) in [5.74, 6) is 1.82. The third-order valence-corrected chi connectivity index (χ3v) is 15.7. The number of benzene rings is 10. The predicted molar refractivity (Wildman–Crippen MR) is 283 cm³/mol. The minimum Gasteiger partial charge on any atom is -0.456 e. The number of fused-ring (bicyclic) bond motifs is 16. The fraction of sp³-hybridized carbons (Fsp3) is 0.0156. The molecule has 10 aromatic carbocycles. The molecule has 0 radical (unpaired) electrons. The molecule has 15 rings (SSSR count). The first-order valence-electron chi connectivity index (χ1n) is 23.4. The molecule has 4 nitrogen and oxygen atoms in total. The van der Waals surface area contributed by atoms with Crippen molar-refractivity contribution < 1.29 is 4.42 Å². The Balaban J connectivity index is 0.946. The SMILES string of the molecule is c1ccc(-c2ccccc2-c2nc(-c3cccc4oc5ccc(-c6ccc7c(c6)C6(c8ccccc8-c8ccccc86)c6ccccc6-7)cc5c34)nc(-c3cccc4sc5ccccc5c34)n2)cc1. The van der Waals surface area contributed by atoms with E-state index < -0.39 is 5.41 Å². The van der Waals surface area contributed by atoms with Crippen molar-refractivity contribution in [3.05, 3.63) is 247 Å². The number of nitrogens with zero attached hydrogens (tertiary/aromatic N) is 3. The fourth-order valence-electron chi connectivity index (χ4n) is 11.7. The molecule has 2 aliphatic rings. The quantitative estimate of drug-likeness (QED) is 0.173. The molecular formula is C64H37N3OS. The van der Waals surface area contributed by atoms with Crippen molar-refractivity contribution in [1.29, 1.82) is 0 Å². The zero-order chi connectivity index (χ0) is 45.2. The molecule has 0 unspecified atom stereocenters. The van der Waals surface area contributed by atoms with Crippen molar-refractivity contribution >= 4 is 53.4 Å². The molecular weight excluding hydrogens is 859 g/mol. The fourth-order valence-corrected chi connectivity index (χ4v) is 12.8. The van der Waals surface area contributed by atoms with Gasteiger partial charge in [0, 0.05) is 47.6 Å². The van der Waals surface area contributed by atoms with Gasteiger partial charge in [0.05, 0.1) is 5.41 Å². The van der Waals surface area contributed by atoms with Gasteiger partial charge in [-0.2, -0.15) is 0 Å². The van der Waals surface area contributed by atoms with Gasteiger partial charge < -0.3 is 4.42 Å². The van der Waals surface area contributed by atoms with Crippen LogP contribution in [0.3, 0.4) is 0 Å². The van der Waals surface area contributed by atoms with Crippen LogP contribution >= 0.6 is 11.3 Å². The Morgan fingerprint density at radius 2 is 0.812 bits per heavy atom. The van der Waals surface area contributed by atoms with E-state index in [4.69, 9.17) is 19.4 Å². The lowest BCUT2D eigenvalue weighted by atomic mass is 9.70. The Morgan fingerprint density at radius 1 is 0.304 bits per heavy atom. The Morgan fingerprint density at radius 3 is 1.52 bits per heavy atom. The van der Waals surface area contributed by atoms with E-state index in [1.165, 1.54) is 59.3 Å². The van der Waals surface area contributed by atoms with Crippen LogP contribution in [-0.2, 0) is 5.41 Å². The van der Waals surface area contributed by atoms with Gasteiger partial charge in [0.15, 0.2) is 17.5 Å². The second kappa shape index (κ2) is 14.6. The van der Waals surface area contributed by atoms with Gasteiger partial charge in [0.2, 0.25) is 0 Å². The first kappa shape index (κ1) is 38.3. The largest absolute Gasteiger partial charge is 0.456 e. The topological polar surface area (TPSA) is 51.8 Å². The van der Waals surface area contributed by atoms with Crippen LogP contribution < -0.4 is 0 Å². The van der Waals surface area contributed by atoms with Crippen molar-refractivity contribution in [3.63, 3.8) is 0 Å². The molecule has 320 valence electrons. The highest BCUT2D eigenvalue weighted by molar-refractivity contribution is 7.25. The van der Waals surface area contributed by atoms with E-state index in [0.29, 0.717) is 17.5 Å². The highest BCUT2D eigenvalue weighted by atomic mass is 32.1.